The molecule has 1 heterocycles. The van der Waals surface area contributed by atoms with Crippen molar-refractivity contribution in [1.82, 2.24) is 4.98 Å². The fourth-order valence-electron chi connectivity index (χ4n) is 2.00. The minimum atomic E-state index is 0.144. The maximum Gasteiger partial charge on any atom is 0.0797 e. The molecule has 96 valence electrons. The molecule has 0 fully saturated rings. The molecule has 2 rings (SSSR count). The number of benzene rings is 1. The minimum Gasteiger partial charge on any atom is -0.396 e. The normalized spacial score (nSPS) is 12.6. The van der Waals surface area contributed by atoms with Crippen LogP contribution in [0.2, 0.25) is 5.02 Å². The van der Waals surface area contributed by atoms with Crippen molar-refractivity contribution in [3.63, 3.8) is 0 Å². The smallest absolute Gasteiger partial charge is 0.0797 e. The first-order chi connectivity index (χ1) is 8.70. The highest BCUT2D eigenvalue weighted by Gasteiger charge is 2.12. The number of hydrogen-bond donors (Lipinski definition) is 1. The second-order valence-electron chi connectivity index (χ2n) is 4.33. The maximum atomic E-state index is 9.51. The second-order valence-corrected chi connectivity index (χ2v) is 5.71. The number of nitrogens with zero attached hydrogens (tertiary/aromatic N) is 1. The largest absolute Gasteiger partial charge is 0.396 e. The zero-order chi connectivity index (χ0) is 13.0. The van der Waals surface area contributed by atoms with Gasteiger partial charge in [0.1, 0.15) is 0 Å². The van der Waals surface area contributed by atoms with Gasteiger partial charge < -0.3 is 5.11 Å². The molecule has 0 aliphatic rings. The van der Waals surface area contributed by atoms with Crippen molar-refractivity contribution >= 4 is 22.9 Å². The summed E-state index contributed by atoms with van der Waals surface area (Å²) in [6.45, 7) is 2.18. The van der Waals surface area contributed by atoms with Gasteiger partial charge in [-0.15, -0.1) is 11.3 Å². The van der Waals surface area contributed by atoms with Crippen molar-refractivity contribution in [2.75, 3.05) is 6.61 Å². The Morgan fingerprint density at radius 2 is 2.28 bits per heavy atom. The van der Waals surface area contributed by atoms with Gasteiger partial charge in [-0.3, -0.25) is 0 Å². The minimum absolute atomic E-state index is 0.144. The lowest BCUT2D eigenvalue weighted by atomic mass is 9.94. The summed E-state index contributed by atoms with van der Waals surface area (Å²) in [6, 6.07) is 7.74. The monoisotopic (exact) mass is 281 g/mol. The van der Waals surface area contributed by atoms with Crippen LogP contribution in [0.3, 0.4) is 0 Å². The molecule has 2 aromatic rings. The van der Waals surface area contributed by atoms with Gasteiger partial charge in [0.25, 0.3) is 0 Å². The van der Waals surface area contributed by atoms with Crippen LogP contribution < -0.4 is 0 Å². The summed E-state index contributed by atoms with van der Waals surface area (Å²) in [5.74, 6) is 0.144. The Kier molecular flexibility index (Phi) is 4.75. The first-order valence-corrected chi connectivity index (χ1v) is 7.21. The van der Waals surface area contributed by atoms with Crippen molar-refractivity contribution in [3.05, 3.63) is 50.9 Å². The number of aromatic nitrogens is 1. The van der Waals surface area contributed by atoms with Gasteiger partial charge in [0.15, 0.2) is 0 Å². The Balaban J connectivity index is 2.04. The van der Waals surface area contributed by atoms with Gasteiger partial charge in [-0.25, -0.2) is 4.98 Å². The van der Waals surface area contributed by atoms with E-state index in [0.29, 0.717) is 0 Å². The van der Waals surface area contributed by atoms with E-state index in [4.69, 9.17) is 11.6 Å². The van der Waals surface area contributed by atoms with Crippen LogP contribution in [0, 0.1) is 6.92 Å². The molecule has 1 atom stereocenters. The van der Waals surface area contributed by atoms with Crippen LogP contribution in [0.25, 0.3) is 0 Å². The highest BCUT2D eigenvalue weighted by atomic mass is 35.5. The molecule has 0 saturated carbocycles. The number of halogens is 1. The quantitative estimate of drug-likeness (QED) is 0.904. The van der Waals surface area contributed by atoms with E-state index in [0.717, 1.165) is 29.1 Å². The van der Waals surface area contributed by atoms with Crippen LogP contribution >= 0.6 is 22.9 Å². The number of thiazole rings is 1. The molecule has 0 spiro atoms. The van der Waals surface area contributed by atoms with Crippen LogP contribution in [-0.2, 0) is 6.42 Å². The molecule has 0 radical (unpaired) electrons. The lowest BCUT2D eigenvalue weighted by Crippen LogP contribution is -2.05. The molecule has 1 aromatic carbocycles. The SMILES string of the molecule is Cc1ncsc1CCC(CO)c1cccc(Cl)c1. The van der Waals surface area contributed by atoms with E-state index in [1.807, 2.05) is 36.7 Å². The van der Waals surface area contributed by atoms with Gasteiger partial charge >= 0.3 is 0 Å². The molecule has 0 aliphatic heterocycles. The molecule has 18 heavy (non-hydrogen) atoms. The fraction of sp³-hybridized carbons (Fsp3) is 0.357. The topological polar surface area (TPSA) is 33.1 Å². The van der Waals surface area contributed by atoms with Crippen LogP contribution in [0.4, 0.5) is 0 Å². The molecule has 1 aromatic heterocycles. The van der Waals surface area contributed by atoms with Crippen molar-refractivity contribution in [2.45, 2.75) is 25.7 Å². The van der Waals surface area contributed by atoms with Crippen molar-refractivity contribution in [1.29, 1.82) is 0 Å². The maximum absolute atomic E-state index is 9.51. The molecule has 1 N–H and O–H groups in total. The van der Waals surface area contributed by atoms with Crippen LogP contribution in [0.1, 0.15) is 28.5 Å². The summed E-state index contributed by atoms with van der Waals surface area (Å²) >= 11 is 7.66. The van der Waals surface area contributed by atoms with Gasteiger partial charge in [-0.2, -0.15) is 0 Å². The third-order valence-corrected chi connectivity index (χ3v) is 4.34. The molecule has 4 heteroatoms. The first-order valence-electron chi connectivity index (χ1n) is 5.96. The van der Waals surface area contributed by atoms with E-state index < -0.39 is 0 Å². The summed E-state index contributed by atoms with van der Waals surface area (Å²) in [6.07, 6.45) is 1.87. The lowest BCUT2D eigenvalue weighted by Gasteiger charge is -2.14. The molecule has 0 saturated heterocycles. The molecule has 0 amide bonds. The zero-order valence-electron chi connectivity index (χ0n) is 10.3. The second kappa shape index (κ2) is 6.32. The number of aryl methyl sites for hydroxylation is 2. The Bertz CT molecular complexity index is 512. The van der Waals surface area contributed by atoms with Gasteiger partial charge in [0.05, 0.1) is 11.2 Å². The fourth-order valence-corrected chi connectivity index (χ4v) is 2.99. The predicted molar refractivity (Wildman–Crippen MR) is 76.5 cm³/mol. The average Bonchev–Trinajstić information content (AvgIpc) is 2.76. The summed E-state index contributed by atoms with van der Waals surface area (Å²) in [4.78, 5) is 5.54. The third kappa shape index (κ3) is 3.31. The average molecular weight is 282 g/mol. The van der Waals surface area contributed by atoms with Gasteiger partial charge in [-0.1, -0.05) is 23.7 Å². The highest BCUT2D eigenvalue weighted by molar-refractivity contribution is 7.09. The summed E-state index contributed by atoms with van der Waals surface area (Å²) < 4.78 is 0. The molecule has 1 unspecified atom stereocenters. The molecular formula is C14H16ClNOS. The zero-order valence-corrected chi connectivity index (χ0v) is 11.8. The standard InChI is InChI=1S/C14H16ClNOS/c1-10-14(18-9-16-10)6-5-12(8-17)11-3-2-4-13(15)7-11/h2-4,7,9,12,17H,5-6,8H2,1H3. The van der Waals surface area contributed by atoms with E-state index in [9.17, 15) is 5.11 Å². The van der Waals surface area contributed by atoms with E-state index in [1.54, 1.807) is 11.3 Å². The molecule has 2 nitrogen and oxygen atoms in total. The van der Waals surface area contributed by atoms with Gasteiger partial charge in [0, 0.05) is 22.4 Å². The van der Waals surface area contributed by atoms with Crippen molar-refractivity contribution in [2.24, 2.45) is 0 Å². The van der Waals surface area contributed by atoms with Crippen LogP contribution in [-0.4, -0.2) is 16.7 Å². The van der Waals surface area contributed by atoms with Crippen molar-refractivity contribution < 1.29 is 5.11 Å². The number of hydrogen-bond acceptors (Lipinski definition) is 3. The van der Waals surface area contributed by atoms with E-state index in [2.05, 4.69) is 4.98 Å². The molecule has 0 bridgehead atoms. The summed E-state index contributed by atoms with van der Waals surface area (Å²) in [7, 11) is 0. The van der Waals surface area contributed by atoms with Gasteiger partial charge in [-0.05, 0) is 37.5 Å². The van der Waals surface area contributed by atoms with E-state index >= 15 is 0 Å². The Labute approximate surface area is 116 Å². The summed E-state index contributed by atoms with van der Waals surface area (Å²) in [5.41, 5.74) is 4.08. The predicted octanol–water partition coefficient (Wildman–Crippen LogP) is 3.81. The molecule has 0 aliphatic carbocycles. The van der Waals surface area contributed by atoms with Crippen molar-refractivity contribution in [3.8, 4) is 0 Å². The Hall–Kier alpha value is -0.900. The number of aliphatic hydroxyl groups is 1. The molecular weight excluding hydrogens is 266 g/mol. The first kappa shape index (κ1) is 13.5. The Morgan fingerprint density at radius 1 is 1.44 bits per heavy atom. The highest BCUT2D eigenvalue weighted by Crippen LogP contribution is 2.25. The number of rotatable bonds is 5. The summed E-state index contributed by atoms with van der Waals surface area (Å²) in [5, 5.41) is 10.2. The van der Waals surface area contributed by atoms with E-state index in [1.165, 1.54) is 4.88 Å². The van der Waals surface area contributed by atoms with E-state index in [-0.39, 0.29) is 12.5 Å². The number of aliphatic hydroxyl groups excluding tert-OH is 1. The van der Waals surface area contributed by atoms with Crippen LogP contribution in [0.5, 0.6) is 0 Å². The van der Waals surface area contributed by atoms with Gasteiger partial charge in [0.2, 0.25) is 0 Å². The Morgan fingerprint density at radius 3 is 2.89 bits per heavy atom. The lowest BCUT2D eigenvalue weighted by molar-refractivity contribution is 0.259. The third-order valence-electron chi connectivity index (χ3n) is 3.11. The van der Waals surface area contributed by atoms with Crippen LogP contribution in [0.15, 0.2) is 29.8 Å².